The van der Waals surface area contributed by atoms with Gasteiger partial charge in [-0.15, -0.1) is 10.2 Å². The van der Waals surface area contributed by atoms with Crippen LogP contribution in [0.3, 0.4) is 0 Å². The van der Waals surface area contributed by atoms with Gasteiger partial charge in [-0.1, -0.05) is 31.0 Å². The van der Waals surface area contributed by atoms with Gasteiger partial charge in [0, 0.05) is 0 Å². The summed E-state index contributed by atoms with van der Waals surface area (Å²) in [4.78, 5) is 37.2. The van der Waals surface area contributed by atoms with Crippen LogP contribution in [0.15, 0.2) is 33.9 Å². The van der Waals surface area contributed by atoms with E-state index in [-0.39, 0.29) is 22.7 Å². The number of carbonyl (C=O) groups is 3. The molecule has 1 aliphatic carbocycles. The molecule has 12 heteroatoms. The molecule has 1 aromatic heterocycles. The van der Waals surface area contributed by atoms with Crippen LogP contribution < -0.4 is 15.5 Å². The van der Waals surface area contributed by atoms with Crippen molar-refractivity contribution in [3.8, 4) is 5.75 Å². The van der Waals surface area contributed by atoms with Crippen LogP contribution in [-0.4, -0.2) is 44.3 Å². The Labute approximate surface area is 187 Å². The van der Waals surface area contributed by atoms with Crippen molar-refractivity contribution >= 4 is 29.6 Å². The molecule has 0 bridgehead atoms. The molecule has 1 aromatic carbocycles. The number of benzene rings is 1. The minimum Gasteiger partial charge on any atom is -0.481 e. The van der Waals surface area contributed by atoms with Crippen LogP contribution >= 0.6 is 11.8 Å². The SMILES string of the molecule is C[C@@H](Oc1ccc(F)cc1)c1nnc(SCC(=O)NN2C(=O)NC3(CCCCC3)C2=O)o1. The molecule has 2 fully saturated rings. The van der Waals surface area contributed by atoms with Gasteiger partial charge in [-0.25, -0.2) is 9.18 Å². The quantitative estimate of drug-likeness (QED) is 0.474. The molecule has 2 heterocycles. The van der Waals surface area contributed by atoms with Gasteiger partial charge in [-0.2, -0.15) is 5.01 Å². The molecule has 1 saturated carbocycles. The molecular formula is C20H22FN5O5S. The summed E-state index contributed by atoms with van der Waals surface area (Å²) in [6.45, 7) is 1.69. The predicted molar refractivity (Wildman–Crippen MR) is 110 cm³/mol. The molecule has 0 unspecified atom stereocenters. The Morgan fingerprint density at radius 3 is 2.72 bits per heavy atom. The van der Waals surface area contributed by atoms with Crippen molar-refractivity contribution in [2.24, 2.45) is 0 Å². The molecule has 1 aliphatic heterocycles. The number of thioether (sulfide) groups is 1. The summed E-state index contributed by atoms with van der Waals surface area (Å²) in [5, 5.41) is 11.4. The van der Waals surface area contributed by atoms with Gasteiger partial charge < -0.3 is 14.5 Å². The number of nitrogens with zero attached hydrogens (tertiary/aromatic N) is 3. The van der Waals surface area contributed by atoms with Gasteiger partial charge in [0.15, 0.2) is 6.10 Å². The minimum atomic E-state index is -0.905. The Morgan fingerprint density at radius 1 is 1.28 bits per heavy atom. The van der Waals surface area contributed by atoms with E-state index in [1.165, 1.54) is 24.3 Å². The maximum atomic E-state index is 13.0. The standard InChI is InChI=1S/C20H22FN5O5S/c1-12(30-14-7-5-13(21)6-8-14)16-23-24-19(31-16)32-11-15(27)25-26-17(28)20(22-18(26)29)9-3-2-4-10-20/h5-8,12H,2-4,9-11H2,1H3,(H,22,29)(H,25,27)/t12-/m1/s1. The number of amides is 4. The number of ether oxygens (including phenoxy) is 1. The summed E-state index contributed by atoms with van der Waals surface area (Å²) < 4.78 is 24.1. The second-order valence-electron chi connectivity index (χ2n) is 7.66. The van der Waals surface area contributed by atoms with Crippen LogP contribution in [0.5, 0.6) is 5.75 Å². The molecule has 2 aromatic rings. The van der Waals surface area contributed by atoms with Gasteiger partial charge in [-0.05, 0) is 44.0 Å². The van der Waals surface area contributed by atoms with Crippen molar-refractivity contribution in [2.75, 3.05) is 5.75 Å². The number of hydrazine groups is 1. The van der Waals surface area contributed by atoms with E-state index in [9.17, 15) is 18.8 Å². The maximum absolute atomic E-state index is 13.0. The molecule has 170 valence electrons. The Bertz CT molecular complexity index is 1010. The lowest BCUT2D eigenvalue weighted by Gasteiger charge is -2.30. The van der Waals surface area contributed by atoms with Gasteiger partial charge >= 0.3 is 6.03 Å². The molecule has 1 spiro atoms. The van der Waals surface area contributed by atoms with E-state index in [1.807, 2.05) is 0 Å². The van der Waals surface area contributed by atoms with Crippen molar-refractivity contribution in [3.05, 3.63) is 36.0 Å². The topological polar surface area (TPSA) is 127 Å². The fourth-order valence-corrected chi connectivity index (χ4v) is 4.27. The van der Waals surface area contributed by atoms with Crippen molar-refractivity contribution in [3.63, 3.8) is 0 Å². The molecule has 1 saturated heterocycles. The summed E-state index contributed by atoms with van der Waals surface area (Å²) in [7, 11) is 0. The number of hydrogen-bond donors (Lipinski definition) is 2. The lowest BCUT2D eigenvalue weighted by atomic mass is 9.82. The average Bonchev–Trinajstić information content (AvgIpc) is 3.34. The molecule has 4 amide bonds. The second-order valence-corrected chi connectivity index (χ2v) is 8.58. The largest absolute Gasteiger partial charge is 0.481 e. The highest BCUT2D eigenvalue weighted by Crippen LogP contribution is 2.33. The molecule has 32 heavy (non-hydrogen) atoms. The predicted octanol–water partition coefficient (Wildman–Crippen LogP) is 2.73. The van der Waals surface area contributed by atoms with E-state index in [0.29, 0.717) is 18.6 Å². The van der Waals surface area contributed by atoms with Crippen LogP contribution in [0.4, 0.5) is 9.18 Å². The highest BCUT2D eigenvalue weighted by atomic mass is 32.2. The number of rotatable bonds is 7. The van der Waals surface area contributed by atoms with Gasteiger partial charge in [0.05, 0.1) is 5.75 Å². The number of imide groups is 1. The van der Waals surface area contributed by atoms with E-state index in [4.69, 9.17) is 9.15 Å². The number of nitrogens with one attached hydrogen (secondary N) is 2. The summed E-state index contributed by atoms with van der Waals surface area (Å²) in [6.07, 6.45) is 3.28. The minimum absolute atomic E-state index is 0.130. The fraction of sp³-hybridized carbons (Fsp3) is 0.450. The first-order chi connectivity index (χ1) is 15.4. The Morgan fingerprint density at radius 2 is 2.00 bits per heavy atom. The van der Waals surface area contributed by atoms with Crippen LogP contribution in [-0.2, 0) is 9.59 Å². The van der Waals surface area contributed by atoms with Gasteiger partial charge in [0.2, 0.25) is 5.91 Å². The van der Waals surface area contributed by atoms with Gasteiger partial charge in [0.1, 0.15) is 17.1 Å². The average molecular weight is 463 g/mol. The third-order valence-electron chi connectivity index (χ3n) is 5.33. The normalized spacial score (nSPS) is 18.5. The van der Waals surface area contributed by atoms with E-state index in [1.54, 1.807) is 6.92 Å². The number of urea groups is 1. The molecule has 10 nitrogen and oxygen atoms in total. The Hall–Kier alpha value is -3.15. The highest BCUT2D eigenvalue weighted by Gasteiger charge is 2.52. The number of halogens is 1. The highest BCUT2D eigenvalue weighted by molar-refractivity contribution is 7.99. The lowest BCUT2D eigenvalue weighted by molar-refractivity contribution is -0.139. The van der Waals surface area contributed by atoms with Crippen LogP contribution in [0, 0.1) is 5.82 Å². The van der Waals surface area contributed by atoms with Gasteiger partial charge in [0.25, 0.3) is 17.0 Å². The zero-order valence-electron chi connectivity index (χ0n) is 17.3. The van der Waals surface area contributed by atoms with Crippen molar-refractivity contribution < 1.29 is 27.9 Å². The van der Waals surface area contributed by atoms with E-state index in [2.05, 4.69) is 20.9 Å². The van der Waals surface area contributed by atoms with Gasteiger partial charge in [-0.3, -0.25) is 15.0 Å². The first-order valence-corrected chi connectivity index (χ1v) is 11.2. The zero-order valence-corrected chi connectivity index (χ0v) is 18.1. The summed E-state index contributed by atoms with van der Waals surface area (Å²) in [5.74, 6) is -0.866. The summed E-state index contributed by atoms with van der Waals surface area (Å²) in [6, 6.07) is 4.89. The summed E-state index contributed by atoms with van der Waals surface area (Å²) >= 11 is 0.961. The molecule has 4 rings (SSSR count). The monoisotopic (exact) mass is 463 g/mol. The molecular weight excluding hydrogens is 441 g/mol. The number of hydrogen-bond acceptors (Lipinski definition) is 8. The fourth-order valence-electron chi connectivity index (χ4n) is 3.71. The first kappa shape index (κ1) is 22.1. The molecule has 0 radical (unpaired) electrons. The van der Waals surface area contributed by atoms with Crippen molar-refractivity contribution in [2.45, 2.75) is 55.9 Å². The van der Waals surface area contributed by atoms with Crippen LogP contribution in [0.1, 0.15) is 51.0 Å². The van der Waals surface area contributed by atoms with Crippen molar-refractivity contribution in [1.29, 1.82) is 0 Å². The summed E-state index contributed by atoms with van der Waals surface area (Å²) in [5.41, 5.74) is 1.45. The molecule has 1 atom stereocenters. The second kappa shape index (κ2) is 9.15. The number of carbonyl (C=O) groups excluding carboxylic acids is 3. The Kier molecular flexibility index (Phi) is 6.31. The van der Waals surface area contributed by atoms with Crippen molar-refractivity contribution in [1.82, 2.24) is 25.9 Å². The zero-order chi connectivity index (χ0) is 22.7. The Balaban J connectivity index is 1.28. The molecule has 2 N–H and O–H groups in total. The lowest BCUT2D eigenvalue weighted by Crippen LogP contribution is -2.51. The third kappa shape index (κ3) is 4.69. The third-order valence-corrected chi connectivity index (χ3v) is 6.15. The first-order valence-electron chi connectivity index (χ1n) is 10.2. The van der Waals surface area contributed by atoms with E-state index < -0.39 is 29.5 Å². The van der Waals surface area contributed by atoms with Crippen LogP contribution in [0.2, 0.25) is 0 Å². The van der Waals surface area contributed by atoms with Crippen LogP contribution in [0.25, 0.3) is 0 Å². The van der Waals surface area contributed by atoms with E-state index in [0.717, 1.165) is 36.0 Å². The molecule has 2 aliphatic rings. The maximum Gasteiger partial charge on any atom is 0.344 e. The smallest absolute Gasteiger partial charge is 0.344 e. The number of aromatic nitrogens is 2. The van der Waals surface area contributed by atoms with E-state index >= 15 is 0 Å².